The minimum absolute atomic E-state index is 0.0566. The maximum Gasteiger partial charge on any atom is 0.306 e. The Hall–Kier alpha value is -0.790. The van der Waals surface area contributed by atoms with Crippen LogP contribution in [0.25, 0.3) is 0 Å². The van der Waals surface area contributed by atoms with Crippen LogP contribution in [0, 0.1) is 0 Å². The lowest BCUT2D eigenvalue weighted by molar-refractivity contribution is -0.143. The zero-order chi connectivity index (χ0) is 11.5. The molecule has 0 saturated heterocycles. The minimum atomic E-state index is -0.0566. The van der Waals surface area contributed by atoms with Crippen LogP contribution in [0.2, 0.25) is 0 Å². The summed E-state index contributed by atoms with van der Waals surface area (Å²) in [6.07, 6.45) is 7.72. The molecular weight excluding hydrogens is 188 g/mol. The van der Waals surface area contributed by atoms with Crippen molar-refractivity contribution >= 4 is 5.97 Å². The second-order valence-corrected chi connectivity index (χ2v) is 3.70. The van der Waals surface area contributed by atoms with Crippen LogP contribution in [-0.2, 0) is 9.53 Å². The van der Waals surface area contributed by atoms with Gasteiger partial charge in [0.1, 0.15) is 0 Å². The zero-order valence-electron chi connectivity index (χ0n) is 10.3. The molecule has 0 aliphatic carbocycles. The fourth-order valence-electron chi connectivity index (χ4n) is 1.38. The van der Waals surface area contributed by atoms with E-state index in [1.165, 1.54) is 5.57 Å². The molecule has 0 aromatic rings. The third-order valence-corrected chi connectivity index (χ3v) is 2.36. The van der Waals surface area contributed by atoms with Gasteiger partial charge in [-0.3, -0.25) is 4.79 Å². The van der Waals surface area contributed by atoms with E-state index in [4.69, 9.17) is 4.74 Å². The summed E-state index contributed by atoms with van der Waals surface area (Å²) in [5.74, 6) is -0.0566. The molecule has 0 amide bonds. The van der Waals surface area contributed by atoms with Crippen molar-refractivity contribution in [3.63, 3.8) is 0 Å². The molecule has 0 radical (unpaired) electrons. The lowest BCUT2D eigenvalue weighted by Crippen LogP contribution is -2.05. The van der Waals surface area contributed by atoms with Gasteiger partial charge in [-0.25, -0.2) is 0 Å². The zero-order valence-corrected chi connectivity index (χ0v) is 10.3. The highest BCUT2D eigenvalue weighted by atomic mass is 16.5. The van der Waals surface area contributed by atoms with Crippen molar-refractivity contribution in [1.82, 2.24) is 0 Å². The molecule has 0 bridgehead atoms. The van der Waals surface area contributed by atoms with Gasteiger partial charge in [-0.15, -0.1) is 0 Å². The Morgan fingerprint density at radius 1 is 1.20 bits per heavy atom. The molecule has 0 fully saturated rings. The number of ether oxygens (including phenoxy) is 1. The molecule has 15 heavy (non-hydrogen) atoms. The highest BCUT2D eigenvalue weighted by Crippen LogP contribution is 2.11. The standard InChI is InChI=1S/C13H24O2/c1-4-7-11-15-13(14)10-9-12(6-3)8-5-2/h8H,4-7,9-11H2,1-3H3/b12-8+. The molecule has 2 nitrogen and oxygen atoms in total. The first-order valence-corrected chi connectivity index (χ1v) is 6.08. The summed E-state index contributed by atoms with van der Waals surface area (Å²) in [7, 11) is 0. The van der Waals surface area contributed by atoms with Crippen LogP contribution in [0.1, 0.15) is 59.3 Å². The molecule has 0 aromatic heterocycles. The number of hydrogen-bond donors (Lipinski definition) is 0. The van der Waals surface area contributed by atoms with Gasteiger partial charge in [-0.05, 0) is 25.7 Å². The summed E-state index contributed by atoms with van der Waals surface area (Å²) in [4.78, 5) is 11.3. The van der Waals surface area contributed by atoms with Crippen LogP contribution in [-0.4, -0.2) is 12.6 Å². The monoisotopic (exact) mass is 212 g/mol. The number of carbonyl (C=O) groups excluding carboxylic acids is 1. The molecule has 0 aliphatic rings. The van der Waals surface area contributed by atoms with E-state index in [-0.39, 0.29) is 5.97 Å². The number of carbonyl (C=O) groups is 1. The quantitative estimate of drug-likeness (QED) is 0.347. The van der Waals surface area contributed by atoms with Crippen molar-refractivity contribution in [1.29, 1.82) is 0 Å². The average Bonchev–Trinajstić information content (AvgIpc) is 2.24. The predicted octanol–water partition coefficient (Wildman–Crippen LogP) is 3.86. The van der Waals surface area contributed by atoms with E-state index in [0.717, 1.165) is 32.1 Å². The van der Waals surface area contributed by atoms with Gasteiger partial charge in [0.2, 0.25) is 0 Å². The van der Waals surface area contributed by atoms with Crippen LogP contribution in [0.5, 0.6) is 0 Å². The molecule has 0 rings (SSSR count). The van der Waals surface area contributed by atoms with E-state index in [0.29, 0.717) is 13.0 Å². The van der Waals surface area contributed by atoms with E-state index in [2.05, 4.69) is 26.8 Å². The summed E-state index contributed by atoms with van der Waals surface area (Å²) in [6, 6.07) is 0. The van der Waals surface area contributed by atoms with Crippen molar-refractivity contribution < 1.29 is 9.53 Å². The number of esters is 1. The SMILES string of the molecule is CC/C=C(\CC)CCC(=O)OCCCC. The lowest BCUT2D eigenvalue weighted by Gasteiger charge is -2.05. The molecule has 0 aromatic carbocycles. The predicted molar refractivity (Wildman–Crippen MR) is 63.8 cm³/mol. The molecule has 88 valence electrons. The van der Waals surface area contributed by atoms with E-state index >= 15 is 0 Å². The molecule has 0 N–H and O–H groups in total. The highest BCUT2D eigenvalue weighted by molar-refractivity contribution is 5.69. The fraction of sp³-hybridized carbons (Fsp3) is 0.769. The van der Waals surface area contributed by atoms with Gasteiger partial charge in [0.25, 0.3) is 0 Å². The van der Waals surface area contributed by atoms with E-state index in [1.807, 2.05) is 0 Å². The van der Waals surface area contributed by atoms with Gasteiger partial charge in [0, 0.05) is 6.42 Å². The molecule has 0 unspecified atom stereocenters. The number of unbranched alkanes of at least 4 members (excludes halogenated alkanes) is 1. The number of allylic oxidation sites excluding steroid dienone is 2. The second kappa shape index (κ2) is 9.75. The number of rotatable bonds is 8. The Bertz CT molecular complexity index is 195. The molecule has 0 heterocycles. The minimum Gasteiger partial charge on any atom is -0.466 e. The average molecular weight is 212 g/mol. The Kier molecular flexibility index (Phi) is 9.24. The Morgan fingerprint density at radius 3 is 2.47 bits per heavy atom. The normalized spacial score (nSPS) is 11.5. The van der Waals surface area contributed by atoms with Gasteiger partial charge in [0.15, 0.2) is 0 Å². The number of hydrogen-bond acceptors (Lipinski definition) is 2. The van der Waals surface area contributed by atoms with Crippen LogP contribution in [0.4, 0.5) is 0 Å². The first-order valence-electron chi connectivity index (χ1n) is 6.08. The Labute approximate surface area is 93.7 Å². The van der Waals surface area contributed by atoms with Crippen molar-refractivity contribution in [2.45, 2.75) is 59.3 Å². The molecular formula is C13H24O2. The van der Waals surface area contributed by atoms with Gasteiger partial charge in [-0.2, -0.15) is 0 Å². The topological polar surface area (TPSA) is 26.3 Å². The highest BCUT2D eigenvalue weighted by Gasteiger charge is 2.03. The third kappa shape index (κ3) is 8.22. The van der Waals surface area contributed by atoms with Crippen LogP contribution < -0.4 is 0 Å². The lowest BCUT2D eigenvalue weighted by atomic mass is 10.1. The summed E-state index contributed by atoms with van der Waals surface area (Å²) in [6.45, 7) is 6.92. The van der Waals surface area contributed by atoms with Gasteiger partial charge < -0.3 is 4.74 Å². The van der Waals surface area contributed by atoms with Crippen LogP contribution in [0.15, 0.2) is 11.6 Å². The van der Waals surface area contributed by atoms with Crippen molar-refractivity contribution in [3.05, 3.63) is 11.6 Å². The van der Waals surface area contributed by atoms with Crippen molar-refractivity contribution in [3.8, 4) is 0 Å². The van der Waals surface area contributed by atoms with Crippen LogP contribution in [0.3, 0.4) is 0 Å². The summed E-state index contributed by atoms with van der Waals surface area (Å²) in [5, 5.41) is 0. The van der Waals surface area contributed by atoms with Gasteiger partial charge in [-0.1, -0.05) is 38.8 Å². The van der Waals surface area contributed by atoms with E-state index in [9.17, 15) is 4.79 Å². The molecule has 0 saturated carbocycles. The van der Waals surface area contributed by atoms with E-state index < -0.39 is 0 Å². The molecule has 0 aliphatic heterocycles. The molecule has 0 spiro atoms. The summed E-state index contributed by atoms with van der Waals surface area (Å²) in [5.41, 5.74) is 1.37. The van der Waals surface area contributed by atoms with Crippen molar-refractivity contribution in [2.24, 2.45) is 0 Å². The first kappa shape index (κ1) is 14.2. The van der Waals surface area contributed by atoms with Crippen LogP contribution >= 0.6 is 0 Å². The third-order valence-electron chi connectivity index (χ3n) is 2.36. The maximum atomic E-state index is 11.3. The smallest absolute Gasteiger partial charge is 0.306 e. The Balaban J connectivity index is 3.64. The fourth-order valence-corrected chi connectivity index (χ4v) is 1.38. The van der Waals surface area contributed by atoms with Gasteiger partial charge in [0.05, 0.1) is 6.61 Å². The summed E-state index contributed by atoms with van der Waals surface area (Å²) >= 11 is 0. The second-order valence-electron chi connectivity index (χ2n) is 3.70. The molecule has 0 atom stereocenters. The van der Waals surface area contributed by atoms with Gasteiger partial charge >= 0.3 is 5.97 Å². The first-order chi connectivity index (χ1) is 7.24. The summed E-state index contributed by atoms with van der Waals surface area (Å²) < 4.78 is 5.09. The maximum absolute atomic E-state index is 11.3. The van der Waals surface area contributed by atoms with E-state index in [1.54, 1.807) is 0 Å². The largest absolute Gasteiger partial charge is 0.466 e. The van der Waals surface area contributed by atoms with Crippen molar-refractivity contribution in [2.75, 3.05) is 6.61 Å². The Morgan fingerprint density at radius 2 is 1.93 bits per heavy atom. The molecule has 2 heteroatoms.